The van der Waals surface area contributed by atoms with E-state index in [-0.39, 0.29) is 29.0 Å². The van der Waals surface area contributed by atoms with Gasteiger partial charge in [0.05, 0.1) is 5.25 Å². The molecule has 0 aromatic carbocycles. The summed E-state index contributed by atoms with van der Waals surface area (Å²) in [5.74, 6) is -0.733. The van der Waals surface area contributed by atoms with Gasteiger partial charge in [-0.15, -0.1) is 0 Å². The Morgan fingerprint density at radius 3 is 2.47 bits per heavy atom. The molecule has 2 saturated carbocycles. The molecule has 0 aromatic heterocycles. The monoisotopic (exact) mass is 464 g/mol. The summed E-state index contributed by atoms with van der Waals surface area (Å²) in [6, 6.07) is 0.203. The Morgan fingerprint density at radius 1 is 1.16 bits per heavy atom. The lowest BCUT2D eigenvalue weighted by Gasteiger charge is -2.41. The molecule has 1 amide bonds. The zero-order valence-corrected chi connectivity index (χ0v) is 19.2. The van der Waals surface area contributed by atoms with Crippen molar-refractivity contribution in [2.24, 2.45) is 15.7 Å². The van der Waals surface area contributed by atoms with Crippen LogP contribution in [0.4, 0.5) is 0 Å². The van der Waals surface area contributed by atoms with Crippen LogP contribution in [0.2, 0.25) is 0 Å². The highest BCUT2D eigenvalue weighted by atomic mass is 32.2. The Kier molecular flexibility index (Phi) is 5.51. The second-order valence-electron chi connectivity index (χ2n) is 9.29. The number of carbonyl (C=O) groups excluding carboxylic acids is 1. The van der Waals surface area contributed by atoms with Crippen LogP contribution >= 0.6 is 0 Å². The quantitative estimate of drug-likeness (QED) is 0.382. The average molecular weight is 465 g/mol. The third kappa shape index (κ3) is 4.04. The van der Waals surface area contributed by atoms with Gasteiger partial charge in [0, 0.05) is 38.4 Å². The molecule has 32 heavy (non-hydrogen) atoms. The Bertz CT molecular complexity index is 975. The van der Waals surface area contributed by atoms with E-state index in [1.54, 1.807) is 11.4 Å². The summed E-state index contributed by atoms with van der Waals surface area (Å²) < 4.78 is 26.6. The first-order valence-electron chi connectivity index (χ1n) is 11.5. The number of nitrogens with zero attached hydrogens (tertiary/aromatic N) is 4. The maximum Gasteiger partial charge on any atom is 0.277 e. The highest BCUT2D eigenvalue weighted by Crippen LogP contribution is 2.32. The summed E-state index contributed by atoms with van der Waals surface area (Å²) in [7, 11) is -1.39. The van der Waals surface area contributed by atoms with E-state index in [2.05, 4.69) is 20.9 Å². The minimum Gasteiger partial charge on any atom is -0.372 e. The molecule has 1 atom stereocenters. The number of aliphatic imine (C=N–C) groups is 2. The fourth-order valence-corrected chi connectivity index (χ4v) is 6.87. The SMILES string of the molecule is CNC1=CN(C2CCCC2)C2=NC(N)(NC3CCN(S(=O)(=O)C4CC4)CC3)NC(=O)C2=N1. The van der Waals surface area contributed by atoms with E-state index >= 15 is 0 Å². The molecule has 1 saturated heterocycles. The van der Waals surface area contributed by atoms with Gasteiger partial charge in [0.1, 0.15) is 5.82 Å². The molecule has 3 fully saturated rings. The largest absolute Gasteiger partial charge is 0.372 e. The molecule has 3 heterocycles. The van der Waals surface area contributed by atoms with E-state index in [1.807, 2.05) is 11.1 Å². The van der Waals surface area contributed by atoms with Gasteiger partial charge in [-0.1, -0.05) is 12.8 Å². The summed E-state index contributed by atoms with van der Waals surface area (Å²) in [5, 5.41) is 8.86. The van der Waals surface area contributed by atoms with Gasteiger partial charge >= 0.3 is 0 Å². The van der Waals surface area contributed by atoms with Crippen LogP contribution in [0.5, 0.6) is 0 Å². The number of carbonyl (C=O) groups is 1. The normalized spacial score (nSPS) is 30.4. The molecule has 0 aromatic rings. The summed E-state index contributed by atoms with van der Waals surface area (Å²) in [5.41, 5.74) is 6.77. The Morgan fingerprint density at radius 2 is 1.84 bits per heavy atom. The number of fused-ring (bicyclic) bond motifs is 1. The third-order valence-corrected chi connectivity index (χ3v) is 9.31. The van der Waals surface area contributed by atoms with Crippen molar-refractivity contribution < 1.29 is 13.2 Å². The number of amides is 1. The van der Waals surface area contributed by atoms with Gasteiger partial charge in [0.25, 0.3) is 5.91 Å². The van der Waals surface area contributed by atoms with E-state index in [4.69, 9.17) is 10.7 Å². The summed E-state index contributed by atoms with van der Waals surface area (Å²) >= 11 is 0. The number of sulfonamides is 1. The molecular formula is C20H32N8O3S. The van der Waals surface area contributed by atoms with E-state index < -0.39 is 15.9 Å². The van der Waals surface area contributed by atoms with E-state index in [9.17, 15) is 13.2 Å². The molecular weight excluding hydrogens is 432 g/mol. The van der Waals surface area contributed by atoms with Crippen LogP contribution in [0.3, 0.4) is 0 Å². The minimum absolute atomic E-state index is 0.0549. The molecule has 0 bridgehead atoms. The highest BCUT2D eigenvalue weighted by Gasteiger charge is 2.44. The van der Waals surface area contributed by atoms with Crippen LogP contribution in [-0.4, -0.2) is 78.5 Å². The predicted molar refractivity (Wildman–Crippen MR) is 121 cm³/mol. The molecule has 3 aliphatic heterocycles. The van der Waals surface area contributed by atoms with Crippen molar-refractivity contribution in [3.63, 3.8) is 0 Å². The molecule has 2 aliphatic carbocycles. The van der Waals surface area contributed by atoms with Crippen LogP contribution in [0.25, 0.3) is 0 Å². The third-order valence-electron chi connectivity index (χ3n) is 6.91. The van der Waals surface area contributed by atoms with E-state index in [0.717, 1.165) is 38.5 Å². The van der Waals surface area contributed by atoms with Gasteiger partial charge in [-0.3, -0.25) is 15.8 Å². The molecule has 176 valence electrons. The number of hydrogen-bond donors (Lipinski definition) is 4. The van der Waals surface area contributed by atoms with Gasteiger partial charge in [-0.05, 0) is 38.5 Å². The van der Waals surface area contributed by atoms with Crippen molar-refractivity contribution in [1.29, 1.82) is 0 Å². The zero-order valence-electron chi connectivity index (χ0n) is 18.4. The van der Waals surface area contributed by atoms with Crippen molar-refractivity contribution in [1.82, 2.24) is 25.2 Å². The molecule has 11 nitrogen and oxygen atoms in total. The lowest BCUT2D eigenvalue weighted by atomic mass is 10.1. The molecule has 1 unspecified atom stereocenters. The number of nitrogens with two attached hydrogens (primary N) is 1. The van der Waals surface area contributed by atoms with Crippen LogP contribution in [0, 0.1) is 0 Å². The van der Waals surface area contributed by atoms with Crippen molar-refractivity contribution >= 4 is 27.5 Å². The zero-order chi connectivity index (χ0) is 22.5. The van der Waals surface area contributed by atoms with Crippen molar-refractivity contribution in [2.45, 2.75) is 74.6 Å². The van der Waals surface area contributed by atoms with Crippen LogP contribution in [0.15, 0.2) is 22.0 Å². The molecule has 5 rings (SSSR count). The number of nitrogens with one attached hydrogen (secondary N) is 3. The molecule has 5 N–H and O–H groups in total. The van der Waals surface area contributed by atoms with Crippen LogP contribution in [-0.2, 0) is 14.8 Å². The number of hydrogen-bond acceptors (Lipinski definition) is 9. The first-order valence-corrected chi connectivity index (χ1v) is 13.0. The Hall–Kier alpha value is -2.02. The highest BCUT2D eigenvalue weighted by molar-refractivity contribution is 7.90. The predicted octanol–water partition coefficient (Wildman–Crippen LogP) is -0.652. The van der Waals surface area contributed by atoms with Crippen LogP contribution in [0.1, 0.15) is 51.4 Å². The lowest BCUT2D eigenvalue weighted by molar-refractivity contribution is -0.117. The van der Waals surface area contributed by atoms with Gasteiger partial charge in [-0.2, -0.15) is 0 Å². The standard InChI is InChI=1S/C20H32N8O3S/c1-22-16-12-28(14-4-2-3-5-14)18-17(23-16)19(29)26-20(21,25-18)24-13-8-10-27(11-9-13)32(30,31)15-6-7-15/h12-15,22,24H,2-11,21H2,1H3,(H,26,29). The molecule has 0 spiro atoms. The fraction of sp³-hybridized carbons (Fsp3) is 0.750. The average Bonchev–Trinajstić information content (AvgIpc) is 3.49. The summed E-state index contributed by atoms with van der Waals surface area (Å²) in [6.07, 6.45) is 9.00. The van der Waals surface area contributed by atoms with Gasteiger partial charge in [-0.25, -0.2) is 22.7 Å². The van der Waals surface area contributed by atoms with Crippen molar-refractivity contribution in [3.05, 3.63) is 12.0 Å². The molecule has 12 heteroatoms. The Balaban J connectivity index is 1.33. The van der Waals surface area contributed by atoms with E-state index in [1.165, 1.54) is 0 Å². The lowest BCUT2D eigenvalue weighted by Crippen LogP contribution is -2.72. The van der Waals surface area contributed by atoms with Crippen molar-refractivity contribution in [3.8, 4) is 0 Å². The fourth-order valence-electron chi connectivity index (χ4n) is 5.00. The van der Waals surface area contributed by atoms with Gasteiger partial charge < -0.3 is 15.5 Å². The van der Waals surface area contributed by atoms with Crippen molar-refractivity contribution in [2.75, 3.05) is 20.1 Å². The number of rotatable bonds is 6. The maximum absolute atomic E-state index is 13.0. The number of amidine groups is 1. The first kappa shape index (κ1) is 21.8. The summed E-state index contributed by atoms with van der Waals surface area (Å²) in [6.45, 7) is 0.901. The second-order valence-corrected chi connectivity index (χ2v) is 11.5. The number of piperidine rings is 1. The van der Waals surface area contributed by atoms with E-state index in [0.29, 0.717) is 37.6 Å². The smallest absolute Gasteiger partial charge is 0.277 e. The van der Waals surface area contributed by atoms with Gasteiger partial charge in [0.15, 0.2) is 11.5 Å². The topological polar surface area (TPSA) is 145 Å². The maximum atomic E-state index is 13.0. The Labute approximate surface area is 188 Å². The summed E-state index contributed by atoms with van der Waals surface area (Å²) in [4.78, 5) is 24.1. The van der Waals surface area contributed by atoms with Gasteiger partial charge in [0.2, 0.25) is 15.9 Å². The molecule has 5 aliphatic rings. The second kappa shape index (κ2) is 8.08. The van der Waals surface area contributed by atoms with Crippen LogP contribution < -0.4 is 21.7 Å². The molecule has 0 radical (unpaired) electrons. The first-order chi connectivity index (χ1) is 15.3. The minimum atomic E-state index is -3.17.